The lowest BCUT2D eigenvalue weighted by molar-refractivity contribution is 0.600. The van der Waals surface area contributed by atoms with Crippen LogP contribution < -0.4 is 10.5 Å². The largest absolute Gasteiger partial charge is 0.326 e. The quantitative estimate of drug-likeness (QED) is 0.838. The van der Waals surface area contributed by atoms with E-state index in [2.05, 4.69) is 20.7 Å². The van der Waals surface area contributed by atoms with Crippen LogP contribution in [0.2, 0.25) is 0 Å². The summed E-state index contributed by atoms with van der Waals surface area (Å²) in [6.07, 6.45) is 0. The summed E-state index contributed by atoms with van der Waals surface area (Å²) in [5.41, 5.74) is 8.87. The van der Waals surface area contributed by atoms with E-state index in [9.17, 15) is 8.42 Å². The molecule has 2 rings (SSSR count). The third-order valence-electron chi connectivity index (χ3n) is 3.13. The Morgan fingerprint density at radius 1 is 1.19 bits per heavy atom. The van der Waals surface area contributed by atoms with Gasteiger partial charge in [0.2, 0.25) is 0 Å². The van der Waals surface area contributed by atoms with Gasteiger partial charge in [-0.15, -0.1) is 11.3 Å². The molecule has 4 nitrogen and oxygen atoms in total. The summed E-state index contributed by atoms with van der Waals surface area (Å²) in [4.78, 5) is 0.971. The molecule has 21 heavy (non-hydrogen) atoms. The molecule has 0 bridgehead atoms. The van der Waals surface area contributed by atoms with Gasteiger partial charge in [-0.1, -0.05) is 15.9 Å². The molecule has 7 heteroatoms. The first kappa shape index (κ1) is 16.5. The first-order valence-electron chi connectivity index (χ1n) is 6.33. The maximum absolute atomic E-state index is 12.6. The van der Waals surface area contributed by atoms with Gasteiger partial charge in [-0.3, -0.25) is 4.72 Å². The van der Waals surface area contributed by atoms with Gasteiger partial charge in [0.25, 0.3) is 10.0 Å². The second-order valence-electron chi connectivity index (χ2n) is 4.90. The summed E-state index contributed by atoms with van der Waals surface area (Å²) in [5.74, 6) is 0. The Morgan fingerprint density at radius 3 is 2.29 bits per heavy atom. The number of nitrogens with two attached hydrogens (primary N) is 1. The molecule has 1 aromatic carbocycles. The molecular weight excluding hydrogens is 372 g/mol. The zero-order valence-electron chi connectivity index (χ0n) is 12.0. The number of sulfonamides is 1. The van der Waals surface area contributed by atoms with Crippen molar-refractivity contribution >= 4 is 43.0 Å². The average Bonchev–Trinajstić information content (AvgIpc) is 2.77. The third-order valence-corrected chi connectivity index (χ3v) is 7.25. The van der Waals surface area contributed by atoms with Crippen LogP contribution in [-0.2, 0) is 16.6 Å². The summed E-state index contributed by atoms with van der Waals surface area (Å²) in [6, 6.07) is 3.61. The van der Waals surface area contributed by atoms with E-state index >= 15 is 0 Å². The highest BCUT2D eigenvalue weighted by Crippen LogP contribution is 2.30. The summed E-state index contributed by atoms with van der Waals surface area (Å²) in [5, 5.41) is 1.81. The minimum Gasteiger partial charge on any atom is -0.326 e. The highest BCUT2D eigenvalue weighted by atomic mass is 79.9. The van der Waals surface area contributed by atoms with Gasteiger partial charge in [0, 0.05) is 21.6 Å². The zero-order valence-corrected chi connectivity index (χ0v) is 15.2. The minimum atomic E-state index is -3.62. The van der Waals surface area contributed by atoms with Crippen molar-refractivity contribution < 1.29 is 8.42 Å². The summed E-state index contributed by atoms with van der Waals surface area (Å²) >= 11 is 4.84. The molecule has 1 aromatic heterocycles. The molecule has 2 aromatic rings. The van der Waals surface area contributed by atoms with Crippen molar-refractivity contribution in [2.24, 2.45) is 5.73 Å². The molecule has 0 spiro atoms. The van der Waals surface area contributed by atoms with Crippen molar-refractivity contribution in [3.8, 4) is 0 Å². The van der Waals surface area contributed by atoms with Crippen LogP contribution in [0, 0.1) is 20.8 Å². The van der Waals surface area contributed by atoms with E-state index in [0.717, 1.165) is 21.2 Å². The zero-order chi connectivity index (χ0) is 15.8. The maximum atomic E-state index is 12.6. The van der Waals surface area contributed by atoms with Crippen LogP contribution in [-0.4, -0.2) is 8.42 Å². The maximum Gasteiger partial charge on any atom is 0.263 e. The van der Waals surface area contributed by atoms with Gasteiger partial charge >= 0.3 is 0 Å². The molecule has 0 amide bonds. The smallest absolute Gasteiger partial charge is 0.263 e. The van der Waals surface area contributed by atoms with Crippen LogP contribution in [0.1, 0.15) is 21.6 Å². The van der Waals surface area contributed by atoms with Crippen molar-refractivity contribution in [2.75, 3.05) is 4.72 Å². The van der Waals surface area contributed by atoms with Crippen LogP contribution in [0.25, 0.3) is 0 Å². The minimum absolute atomic E-state index is 0.215. The lowest BCUT2D eigenvalue weighted by Crippen LogP contribution is -2.16. The van der Waals surface area contributed by atoms with Crippen molar-refractivity contribution in [3.63, 3.8) is 0 Å². The first-order chi connectivity index (χ1) is 9.76. The van der Waals surface area contributed by atoms with Crippen molar-refractivity contribution in [1.29, 1.82) is 0 Å². The molecular formula is C14H17BrN2O2S2. The molecule has 0 atom stereocenters. The second-order valence-corrected chi connectivity index (χ2v) is 8.28. The molecule has 0 aliphatic carbocycles. The molecule has 3 N–H and O–H groups in total. The van der Waals surface area contributed by atoms with Gasteiger partial charge in [-0.25, -0.2) is 8.42 Å². The number of rotatable bonds is 4. The molecule has 114 valence electrons. The number of thiophene rings is 1. The van der Waals surface area contributed by atoms with E-state index in [4.69, 9.17) is 5.73 Å². The van der Waals surface area contributed by atoms with E-state index in [1.165, 1.54) is 11.3 Å². The topological polar surface area (TPSA) is 72.2 Å². The fourth-order valence-corrected chi connectivity index (χ4v) is 5.17. The number of hydrogen-bond acceptors (Lipinski definition) is 4. The summed E-state index contributed by atoms with van der Waals surface area (Å²) in [7, 11) is -3.62. The van der Waals surface area contributed by atoms with E-state index < -0.39 is 10.0 Å². The van der Waals surface area contributed by atoms with Gasteiger partial charge in [0.1, 0.15) is 4.90 Å². The van der Waals surface area contributed by atoms with Gasteiger partial charge in [0.05, 0.1) is 0 Å². The first-order valence-corrected chi connectivity index (χ1v) is 9.48. The Hall–Kier alpha value is -0.890. The summed E-state index contributed by atoms with van der Waals surface area (Å²) < 4.78 is 28.8. The third kappa shape index (κ3) is 3.31. The van der Waals surface area contributed by atoms with Crippen LogP contribution in [0.5, 0.6) is 0 Å². The van der Waals surface area contributed by atoms with Gasteiger partial charge in [-0.2, -0.15) is 0 Å². The highest BCUT2D eigenvalue weighted by molar-refractivity contribution is 9.10. The average molecular weight is 389 g/mol. The summed E-state index contributed by atoms with van der Waals surface area (Å²) in [6.45, 7) is 5.85. The molecule has 0 saturated carbocycles. The Morgan fingerprint density at radius 2 is 1.76 bits per heavy atom. The van der Waals surface area contributed by atoms with Crippen LogP contribution in [0.15, 0.2) is 26.9 Å². The van der Waals surface area contributed by atoms with Crippen LogP contribution >= 0.6 is 27.3 Å². The van der Waals surface area contributed by atoms with Crippen LogP contribution in [0.3, 0.4) is 0 Å². The monoisotopic (exact) mass is 388 g/mol. The van der Waals surface area contributed by atoms with E-state index in [1.807, 2.05) is 19.2 Å². The molecule has 0 radical (unpaired) electrons. The Balaban J connectivity index is 2.45. The van der Waals surface area contributed by atoms with Crippen molar-refractivity contribution in [2.45, 2.75) is 32.2 Å². The van der Waals surface area contributed by atoms with Gasteiger partial charge in [-0.05, 0) is 55.0 Å². The number of anilines is 1. The Kier molecular flexibility index (Phi) is 4.77. The number of hydrogen-bond donors (Lipinski definition) is 2. The standard InChI is InChI=1S/C14H17BrN2O2S2/c1-8-4-11(5-9(2)13(8)15)17-21(18,19)14-10(3)7-20-12(14)6-16/h4-5,7,17H,6,16H2,1-3H3. The number of benzene rings is 1. The van der Waals surface area contributed by atoms with Gasteiger partial charge < -0.3 is 5.73 Å². The second kappa shape index (κ2) is 6.08. The van der Waals surface area contributed by atoms with E-state index in [1.54, 1.807) is 19.1 Å². The highest BCUT2D eigenvalue weighted by Gasteiger charge is 2.22. The Bertz CT molecular complexity index is 759. The lowest BCUT2D eigenvalue weighted by atomic mass is 10.1. The molecule has 0 saturated heterocycles. The number of aryl methyl sites for hydroxylation is 3. The fourth-order valence-electron chi connectivity index (χ4n) is 2.20. The van der Waals surface area contributed by atoms with E-state index in [-0.39, 0.29) is 6.54 Å². The molecule has 0 fully saturated rings. The molecule has 1 heterocycles. The Labute approximate surface area is 137 Å². The van der Waals surface area contributed by atoms with Crippen molar-refractivity contribution in [1.82, 2.24) is 0 Å². The molecule has 0 unspecified atom stereocenters. The van der Waals surface area contributed by atoms with Crippen molar-refractivity contribution in [3.05, 3.63) is 43.6 Å². The predicted molar refractivity (Wildman–Crippen MR) is 91.4 cm³/mol. The molecule has 0 aliphatic heterocycles. The normalized spacial score (nSPS) is 11.7. The number of nitrogens with one attached hydrogen (secondary N) is 1. The SMILES string of the molecule is Cc1cc(NS(=O)(=O)c2c(C)csc2CN)cc(C)c1Br. The fraction of sp³-hybridized carbons (Fsp3) is 0.286. The number of halogens is 1. The van der Waals surface area contributed by atoms with E-state index in [0.29, 0.717) is 15.5 Å². The molecule has 0 aliphatic rings. The predicted octanol–water partition coefficient (Wildman–Crippen LogP) is 3.70. The lowest BCUT2D eigenvalue weighted by Gasteiger charge is -2.12. The van der Waals surface area contributed by atoms with Gasteiger partial charge in [0.15, 0.2) is 0 Å². The van der Waals surface area contributed by atoms with Crippen LogP contribution in [0.4, 0.5) is 5.69 Å².